The highest BCUT2D eigenvalue weighted by atomic mass is 16.7. The van der Waals surface area contributed by atoms with Crippen LogP contribution in [-0.2, 0) is 9.47 Å². The Bertz CT molecular complexity index is 145. The summed E-state index contributed by atoms with van der Waals surface area (Å²) in [5.74, 6) is 0. The van der Waals surface area contributed by atoms with Crippen molar-refractivity contribution in [1.82, 2.24) is 0 Å². The van der Waals surface area contributed by atoms with Crippen LogP contribution in [0.5, 0.6) is 0 Å². The van der Waals surface area contributed by atoms with E-state index >= 15 is 0 Å². The van der Waals surface area contributed by atoms with Crippen molar-refractivity contribution in [3.05, 3.63) is 12.3 Å². The molecule has 0 radical (unpaired) electrons. The highest BCUT2D eigenvalue weighted by molar-refractivity contribution is 4.92. The largest absolute Gasteiger partial charge is 0.516 e. The van der Waals surface area contributed by atoms with Gasteiger partial charge in [0.15, 0.2) is 6.29 Å². The molecule has 0 aromatic heterocycles. The van der Waals surface area contributed by atoms with E-state index in [1.54, 1.807) is 6.92 Å². The third-order valence-corrected chi connectivity index (χ3v) is 1.54. The molecule has 1 aliphatic rings. The molecule has 1 rings (SSSR count). The van der Waals surface area contributed by atoms with Crippen molar-refractivity contribution in [1.29, 1.82) is 0 Å². The zero-order valence-electron chi connectivity index (χ0n) is 6.30. The van der Waals surface area contributed by atoms with Gasteiger partial charge in [0.25, 0.3) is 0 Å². The molecule has 1 aliphatic heterocycles. The van der Waals surface area contributed by atoms with Crippen LogP contribution in [0.2, 0.25) is 0 Å². The first-order valence-electron chi connectivity index (χ1n) is 3.50. The second-order valence-corrected chi connectivity index (χ2v) is 2.37. The topological polar surface area (TPSA) is 58.9 Å². The fraction of sp³-hybridized carbons (Fsp3) is 0.714. The molecule has 1 heterocycles. The molecule has 0 bridgehead atoms. The molecular weight excluding hydrogens is 148 g/mol. The number of aliphatic hydroxyl groups excluding tert-OH is 2. The number of ether oxygens (including phenoxy) is 2. The smallest absolute Gasteiger partial charge is 0.156 e. The molecule has 0 amide bonds. The van der Waals surface area contributed by atoms with Crippen LogP contribution in [0.1, 0.15) is 6.92 Å². The van der Waals surface area contributed by atoms with Gasteiger partial charge in [-0.2, -0.15) is 0 Å². The van der Waals surface area contributed by atoms with Gasteiger partial charge in [0, 0.05) is 0 Å². The standard InChI is InChI=1S/C7H12O4/c1-5-10-6(2-3-8)7(4-9)11-5/h2-3,5-9H,4H2,1H3/b3-2+/t5?,6-,7-/m0/s1. The van der Waals surface area contributed by atoms with Crippen molar-refractivity contribution in [2.45, 2.75) is 25.4 Å². The van der Waals surface area contributed by atoms with Gasteiger partial charge in [-0.15, -0.1) is 0 Å². The van der Waals surface area contributed by atoms with Crippen LogP contribution in [0.4, 0.5) is 0 Å². The van der Waals surface area contributed by atoms with Gasteiger partial charge in [0.2, 0.25) is 0 Å². The van der Waals surface area contributed by atoms with E-state index in [0.717, 1.165) is 6.26 Å². The van der Waals surface area contributed by atoms with Crippen LogP contribution in [-0.4, -0.2) is 35.3 Å². The minimum absolute atomic E-state index is 0.0979. The summed E-state index contributed by atoms with van der Waals surface area (Å²) in [4.78, 5) is 0. The summed E-state index contributed by atoms with van der Waals surface area (Å²) in [7, 11) is 0. The summed E-state index contributed by atoms with van der Waals surface area (Å²) in [6, 6.07) is 0. The number of hydrogen-bond donors (Lipinski definition) is 2. The Morgan fingerprint density at radius 2 is 2.18 bits per heavy atom. The first-order chi connectivity index (χ1) is 5.27. The van der Waals surface area contributed by atoms with Gasteiger partial charge in [-0.25, -0.2) is 0 Å². The molecule has 0 aromatic rings. The van der Waals surface area contributed by atoms with Crippen LogP contribution in [0.3, 0.4) is 0 Å². The third-order valence-electron chi connectivity index (χ3n) is 1.54. The van der Waals surface area contributed by atoms with Gasteiger partial charge in [-0.3, -0.25) is 0 Å². The van der Waals surface area contributed by atoms with Crippen molar-refractivity contribution in [3.8, 4) is 0 Å². The zero-order chi connectivity index (χ0) is 8.27. The van der Waals surface area contributed by atoms with Gasteiger partial charge in [-0.1, -0.05) is 0 Å². The van der Waals surface area contributed by atoms with E-state index in [1.165, 1.54) is 6.08 Å². The Morgan fingerprint density at radius 1 is 1.45 bits per heavy atom. The van der Waals surface area contributed by atoms with Gasteiger partial charge >= 0.3 is 0 Å². The van der Waals surface area contributed by atoms with Crippen LogP contribution >= 0.6 is 0 Å². The first-order valence-corrected chi connectivity index (χ1v) is 3.50. The maximum Gasteiger partial charge on any atom is 0.156 e. The fourth-order valence-electron chi connectivity index (χ4n) is 1.07. The number of rotatable bonds is 2. The van der Waals surface area contributed by atoms with Crippen LogP contribution in [0.25, 0.3) is 0 Å². The van der Waals surface area contributed by atoms with E-state index < -0.39 is 0 Å². The van der Waals surface area contributed by atoms with Crippen LogP contribution in [0.15, 0.2) is 12.3 Å². The first kappa shape index (κ1) is 8.52. The van der Waals surface area contributed by atoms with Crippen molar-refractivity contribution < 1.29 is 19.7 Å². The van der Waals surface area contributed by atoms with E-state index in [-0.39, 0.29) is 25.1 Å². The van der Waals surface area contributed by atoms with Crippen molar-refractivity contribution >= 4 is 0 Å². The second kappa shape index (κ2) is 3.71. The maximum atomic E-state index is 8.76. The SMILES string of the molecule is CC1O[C@@H](/C=C/O)[C@H](CO)O1. The number of hydrogen-bond acceptors (Lipinski definition) is 4. The van der Waals surface area contributed by atoms with E-state index in [1.807, 2.05) is 0 Å². The third kappa shape index (κ3) is 1.92. The van der Waals surface area contributed by atoms with E-state index in [4.69, 9.17) is 19.7 Å². The fourth-order valence-corrected chi connectivity index (χ4v) is 1.07. The molecule has 1 saturated heterocycles. The van der Waals surface area contributed by atoms with Gasteiger partial charge < -0.3 is 19.7 Å². The molecule has 2 N–H and O–H groups in total. The van der Waals surface area contributed by atoms with Gasteiger partial charge in [0.1, 0.15) is 12.2 Å². The van der Waals surface area contributed by atoms with Crippen molar-refractivity contribution in [2.75, 3.05) is 6.61 Å². The molecule has 4 nitrogen and oxygen atoms in total. The van der Waals surface area contributed by atoms with E-state index in [2.05, 4.69) is 0 Å². The molecule has 64 valence electrons. The zero-order valence-corrected chi connectivity index (χ0v) is 6.30. The lowest BCUT2D eigenvalue weighted by atomic mass is 10.2. The summed E-state index contributed by atoms with van der Waals surface area (Å²) in [6.07, 6.45) is 1.35. The average molecular weight is 160 g/mol. The Hall–Kier alpha value is -0.580. The van der Waals surface area contributed by atoms with Crippen LogP contribution in [0, 0.1) is 0 Å². The molecule has 1 fully saturated rings. The average Bonchev–Trinajstić information content (AvgIpc) is 2.32. The van der Waals surface area contributed by atoms with Crippen LogP contribution < -0.4 is 0 Å². The van der Waals surface area contributed by atoms with Crippen molar-refractivity contribution in [2.24, 2.45) is 0 Å². The highest BCUT2D eigenvalue weighted by Gasteiger charge is 2.31. The highest BCUT2D eigenvalue weighted by Crippen LogP contribution is 2.18. The molecule has 3 atom stereocenters. The second-order valence-electron chi connectivity index (χ2n) is 2.37. The molecule has 1 unspecified atom stereocenters. The minimum Gasteiger partial charge on any atom is -0.516 e. The van der Waals surface area contributed by atoms with Crippen molar-refractivity contribution in [3.63, 3.8) is 0 Å². The lowest BCUT2D eigenvalue weighted by Gasteiger charge is -2.08. The minimum atomic E-state index is -0.353. The molecule has 4 heteroatoms. The Kier molecular flexibility index (Phi) is 2.87. The molecule has 0 saturated carbocycles. The summed E-state index contributed by atoms with van der Waals surface area (Å²) in [5, 5.41) is 17.2. The summed E-state index contributed by atoms with van der Waals surface area (Å²) in [6.45, 7) is 1.65. The lowest BCUT2D eigenvalue weighted by molar-refractivity contribution is -0.0535. The summed E-state index contributed by atoms with van der Waals surface area (Å²) >= 11 is 0. The number of aliphatic hydroxyl groups is 2. The summed E-state index contributed by atoms with van der Waals surface area (Å²) < 4.78 is 10.3. The predicted molar refractivity (Wildman–Crippen MR) is 38.1 cm³/mol. The van der Waals surface area contributed by atoms with E-state index in [0.29, 0.717) is 0 Å². The summed E-state index contributed by atoms with van der Waals surface area (Å²) in [5.41, 5.74) is 0. The molecule has 0 aromatic carbocycles. The monoisotopic (exact) mass is 160 g/mol. The Balaban J connectivity index is 2.50. The normalized spacial score (nSPS) is 38.5. The molecular formula is C7H12O4. The molecule has 0 spiro atoms. The molecule has 11 heavy (non-hydrogen) atoms. The maximum absolute atomic E-state index is 8.76. The quantitative estimate of drug-likeness (QED) is 0.566. The molecule has 0 aliphatic carbocycles. The predicted octanol–water partition coefficient (Wildman–Crippen LogP) is 0.180. The Morgan fingerprint density at radius 3 is 2.73 bits per heavy atom. The lowest BCUT2D eigenvalue weighted by Crippen LogP contribution is -2.24. The Labute approximate surface area is 65.0 Å². The van der Waals surface area contributed by atoms with Gasteiger partial charge in [-0.05, 0) is 13.0 Å². The van der Waals surface area contributed by atoms with E-state index in [9.17, 15) is 0 Å². The van der Waals surface area contributed by atoms with Gasteiger partial charge in [0.05, 0.1) is 12.9 Å².